The molecule has 1 amide bonds. The SMILES string of the molecule is C=C(NNC(=O)c1cc(C2CC2)nc2ccc(Br)cc12)c1ccccc1. The third-order valence-electron chi connectivity index (χ3n) is 4.48. The Morgan fingerprint density at radius 1 is 1.08 bits per heavy atom. The van der Waals surface area contributed by atoms with Gasteiger partial charge in [0.2, 0.25) is 0 Å². The van der Waals surface area contributed by atoms with Gasteiger partial charge in [-0.3, -0.25) is 20.6 Å². The Bertz CT molecular complexity index is 997. The van der Waals surface area contributed by atoms with Crippen molar-refractivity contribution in [3.63, 3.8) is 0 Å². The van der Waals surface area contributed by atoms with E-state index in [1.807, 2.05) is 54.6 Å². The number of nitrogens with one attached hydrogen (secondary N) is 2. The summed E-state index contributed by atoms with van der Waals surface area (Å²) in [6.07, 6.45) is 2.28. The highest BCUT2D eigenvalue weighted by Gasteiger charge is 2.27. The fourth-order valence-corrected chi connectivity index (χ4v) is 3.27. The average molecular weight is 408 g/mol. The number of halogens is 1. The van der Waals surface area contributed by atoms with Crippen molar-refractivity contribution in [1.29, 1.82) is 0 Å². The van der Waals surface area contributed by atoms with Gasteiger partial charge in [-0.05, 0) is 42.7 Å². The summed E-state index contributed by atoms with van der Waals surface area (Å²) in [5.41, 5.74) is 9.69. The molecule has 0 saturated heterocycles. The van der Waals surface area contributed by atoms with Gasteiger partial charge in [-0.2, -0.15) is 0 Å². The Balaban J connectivity index is 1.61. The minimum Gasteiger partial charge on any atom is -0.298 e. The molecule has 0 bridgehead atoms. The zero-order chi connectivity index (χ0) is 18.1. The normalized spacial score (nSPS) is 13.4. The molecule has 2 aromatic carbocycles. The molecule has 26 heavy (non-hydrogen) atoms. The van der Waals surface area contributed by atoms with E-state index in [0.29, 0.717) is 17.2 Å². The standard InChI is InChI=1S/C21H18BrN3O/c1-13(14-5-3-2-4-6-14)24-25-21(26)18-12-20(15-7-8-15)23-19-10-9-16(22)11-17(18)19/h2-6,9-12,15,24H,1,7-8H2,(H,25,26). The number of aromatic nitrogens is 1. The topological polar surface area (TPSA) is 54.0 Å². The van der Waals surface area contributed by atoms with Crippen molar-refractivity contribution in [3.8, 4) is 0 Å². The number of nitrogens with zero attached hydrogens (tertiary/aromatic N) is 1. The van der Waals surface area contributed by atoms with Crippen LogP contribution >= 0.6 is 15.9 Å². The van der Waals surface area contributed by atoms with Crippen LogP contribution < -0.4 is 10.9 Å². The first-order valence-electron chi connectivity index (χ1n) is 8.53. The average Bonchev–Trinajstić information content (AvgIpc) is 3.51. The van der Waals surface area contributed by atoms with Crippen LogP contribution in [0, 0.1) is 0 Å². The van der Waals surface area contributed by atoms with E-state index >= 15 is 0 Å². The van der Waals surface area contributed by atoms with E-state index in [2.05, 4.69) is 33.4 Å². The van der Waals surface area contributed by atoms with Gasteiger partial charge in [-0.25, -0.2) is 0 Å². The summed E-state index contributed by atoms with van der Waals surface area (Å²) in [4.78, 5) is 17.6. The van der Waals surface area contributed by atoms with Gasteiger partial charge in [0, 0.05) is 21.5 Å². The fraction of sp³-hybridized carbons (Fsp3) is 0.143. The fourth-order valence-electron chi connectivity index (χ4n) is 2.91. The summed E-state index contributed by atoms with van der Waals surface area (Å²) in [6.45, 7) is 3.98. The van der Waals surface area contributed by atoms with Crippen molar-refractivity contribution in [2.24, 2.45) is 0 Å². The molecule has 1 aliphatic carbocycles. The molecule has 1 aliphatic rings. The Morgan fingerprint density at radius 2 is 1.85 bits per heavy atom. The van der Waals surface area contributed by atoms with Crippen LogP contribution in [0.15, 0.2) is 65.6 Å². The second-order valence-corrected chi connectivity index (χ2v) is 7.37. The Labute approximate surface area is 160 Å². The first-order valence-corrected chi connectivity index (χ1v) is 9.32. The lowest BCUT2D eigenvalue weighted by Crippen LogP contribution is -2.36. The lowest BCUT2D eigenvalue weighted by molar-refractivity contribution is 0.0944. The van der Waals surface area contributed by atoms with Gasteiger partial charge in [0.1, 0.15) is 0 Å². The summed E-state index contributed by atoms with van der Waals surface area (Å²) >= 11 is 3.48. The van der Waals surface area contributed by atoms with Crippen molar-refractivity contribution >= 4 is 38.4 Å². The highest BCUT2D eigenvalue weighted by molar-refractivity contribution is 9.10. The maximum absolute atomic E-state index is 12.8. The molecule has 1 fully saturated rings. The maximum atomic E-state index is 12.8. The number of fused-ring (bicyclic) bond motifs is 1. The van der Waals surface area contributed by atoms with E-state index in [9.17, 15) is 4.79 Å². The van der Waals surface area contributed by atoms with Crippen LogP contribution in [0.4, 0.5) is 0 Å². The molecule has 4 nitrogen and oxygen atoms in total. The monoisotopic (exact) mass is 407 g/mol. The van der Waals surface area contributed by atoms with Crippen molar-refractivity contribution in [1.82, 2.24) is 15.8 Å². The van der Waals surface area contributed by atoms with Gasteiger partial charge in [0.05, 0.1) is 16.8 Å². The van der Waals surface area contributed by atoms with Gasteiger partial charge in [0.15, 0.2) is 0 Å². The van der Waals surface area contributed by atoms with E-state index in [0.717, 1.165) is 39.5 Å². The lowest BCUT2D eigenvalue weighted by Gasteiger charge is -2.13. The minimum atomic E-state index is -0.200. The predicted molar refractivity (Wildman–Crippen MR) is 107 cm³/mol. The van der Waals surface area contributed by atoms with Gasteiger partial charge in [-0.15, -0.1) is 0 Å². The van der Waals surface area contributed by atoms with Crippen LogP contribution in [-0.4, -0.2) is 10.9 Å². The smallest absolute Gasteiger partial charge is 0.270 e. The van der Waals surface area contributed by atoms with E-state index in [4.69, 9.17) is 4.98 Å². The molecule has 130 valence electrons. The molecule has 1 aromatic heterocycles. The molecule has 1 saturated carbocycles. The first-order chi connectivity index (χ1) is 12.6. The van der Waals surface area contributed by atoms with Crippen LogP contribution in [0.3, 0.4) is 0 Å². The first kappa shape index (κ1) is 16.8. The molecule has 2 N–H and O–H groups in total. The van der Waals surface area contributed by atoms with Crippen LogP contribution in [0.2, 0.25) is 0 Å². The second kappa shape index (κ2) is 6.92. The number of carbonyl (C=O) groups excluding carboxylic acids is 1. The van der Waals surface area contributed by atoms with Crippen molar-refractivity contribution in [3.05, 3.63) is 82.5 Å². The number of hydrogen-bond donors (Lipinski definition) is 2. The van der Waals surface area contributed by atoms with E-state index in [1.54, 1.807) is 0 Å². The molecule has 3 aromatic rings. The van der Waals surface area contributed by atoms with Gasteiger partial charge in [0.25, 0.3) is 5.91 Å². The van der Waals surface area contributed by atoms with Gasteiger partial charge in [-0.1, -0.05) is 52.8 Å². The number of amides is 1. The number of benzene rings is 2. The van der Waals surface area contributed by atoms with E-state index < -0.39 is 0 Å². The number of pyridine rings is 1. The molecule has 5 heteroatoms. The number of hydrogen-bond acceptors (Lipinski definition) is 3. The molecule has 0 atom stereocenters. The van der Waals surface area contributed by atoms with Crippen molar-refractivity contribution in [2.45, 2.75) is 18.8 Å². The lowest BCUT2D eigenvalue weighted by atomic mass is 10.1. The number of rotatable bonds is 5. The molecule has 1 heterocycles. The van der Waals surface area contributed by atoms with E-state index in [-0.39, 0.29) is 5.91 Å². The van der Waals surface area contributed by atoms with Crippen LogP contribution in [-0.2, 0) is 0 Å². The molecule has 0 radical (unpaired) electrons. The number of hydrazine groups is 1. The third-order valence-corrected chi connectivity index (χ3v) is 4.97. The zero-order valence-corrected chi connectivity index (χ0v) is 15.7. The van der Waals surface area contributed by atoms with Gasteiger partial charge < -0.3 is 0 Å². The summed E-state index contributed by atoms with van der Waals surface area (Å²) in [5, 5.41) is 0.827. The van der Waals surface area contributed by atoms with Crippen molar-refractivity contribution < 1.29 is 4.79 Å². The molecule has 4 rings (SSSR count). The van der Waals surface area contributed by atoms with E-state index in [1.165, 1.54) is 0 Å². The summed E-state index contributed by atoms with van der Waals surface area (Å²) in [5.74, 6) is 0.274. The predicted octanol–water partition coefficient (Wildman–Crippen LogP) is 4.78. The Hall–Kier alpha value is -2.66. The summed E-state index contributed by atoms with van der Waals surface area (Å²) in [7, 11) is 0. The van der Waals surface area contributed by atoms with Crippen molar-refractivity contribution in [2.75, 3.05) is 0 Å². The maximum Gasteiger partial charge on any atom is 0.270 e. The largest absolute Gasteiger partial charge is 0.298 e. The third kappa shape index (κ3) is 3.48. The quantitative estimate of drug-likeness (QED) is 0.598. The molecular formula is C21H18BrN3O. The Morgan fingerprint density at radius 3 is 2.58 bits per heavy atom. The summed E-state index contributed by atoms with van der Waals surface area (Å²) in [6, 6.07) is 17.4. The van der Waals surface area contributed by atoms with Crippen LogP contribution in [0.1, 0.15) is 40.4 Å². The summed E-state index contributed by atoms with van der Waals surface area (Å²) < 4.78 is 0.918. The highest BCUT2D eigenvalue weighted by atomic mass is 79.9. The van der Waals surface area contributed by atoms with Crippen LogP contribution in [0.25, 0.3) is 16.6 Å². The minimum absolute atomic E-state index is 0.200. The Kier molecular flexibility index (Phi) is 4.47. The second-order valence-electron chi connectivity index (χ2n) is 6.45. The highest BCUT2D eigenvalue weighted by Crippen LogP contribution is 2.40. The molecule has 0 spiro atoms. The molecule has 0 aliphatic heterocycles. The van der Waals surface area contributed by atoms with Crippen LogP contribution in [0.5, 0.6) is 0 Å². The number of carbonyl (C=O) groups is 1. The zero-order valence-electron chi connectivity index (χ0n) is 14.1. The molecule has 0 unspecified atom stereocenters. The van der Waals surface area contributed by atoms with Gasteiger partial charge >= 0.3 is 0 Å². The molecular weight excluding hydrogens is 390 g/mol.